The van der Waals surface area contributed by atoms with Crippen LogP contribution in [0.1, 0.15) is 26.7 Å². The molecule has 0 aliphatic carbocycles. The molecule has 1 saturated heterocycles. The summed E-state index contributed by atoms with van der Waals surface area (Å²) < 4.78 is 19.6. The van der Waals surface area contributed by atoms with Gasteiger partial charge in [0.2, 0.25) is 0 Å². The highest BCUT2D eigenvalue weighted by molar-refractivity contribution is 14.1. The van der Waals surface area contributed by atoms with Crippen LogP contribution >= 0.6 is 22.6 Å². The first-order valence-corrected chi connectivity index (χ1v) is 6.90. The highest BCUT2D eigenvalue weighted by Crippen LogP contribution is 2.28. The van der Waals surface area contributed by atoms with E-state index in [1.807, 2.05) is 0 Å². The second-order valence-electron chi connectivity index (χ2n) is 5.07. The fourth-order valence-corrected chi connectivity index (χ4v) is 2.81. The van der Waals surface area contributed by atoms with Crippen LogP contribution in [0.2, 0.25) is 0 Å². The molecule has 17 heavy (non-hydrogen) atoms. The van der Waals surface area contributed by atoms with Crippen LogP contribution in [-0.2, 0) is 4.74 Å². The number of halogens is 2. The highest BCUT2D eigenvalue weighted by Gasteiger charge is 2.28. The number of benzene rings is 1. The molecule has 1 heterocycles. The Morgan fingerprint density at radius 3 is 2.88 bits per heavy atom. The smallest absolute Gasteiger partial charge is 0.124 e. The number of ether oxygens (including phenoxy) is 1. The van der Waals surface area contributed by atoms with Crippen molar-refractivity contribution in [2.24, 2.45) is 0 Å². The van der Waals surface area contributed by atoms with Crippen LogP contribution in [0.25, 0.3) is 0 Å². The van der Waals surface area contributed by atoms with Gasteiger partial charge in [-0.15, -0.1) is 0 Å². The van der Waals surface area contributed by atoms with Crippen molar-refractivity contribution in [3.63, 3.8) is 0 Å². The van der Waals surface area contributed by atoms with E-state index in [2.05, 4.69) is 41.8 Å². The third kappa shape index (κ3) is 3.55. The molecule has 1 fully saturated rings. The number of hydrogen-bond donors (Lipinski definition) is 1. The predicted molar refractivity (Wildman–Crippen MR) is 75.8 cm³/mol. The van der Waals surface area contributed by atoms with Gasteiger partial charge in [0.05, 0.1) is 5.60 Å². The molecule has 2 rings (SSSR count). The lowest BCUT2D eigenvalue weighted by atomic mass is 9.94. The van der Waals surface area contributed by atoms with E-state index in [1.54, 1.807) is 12.1 Å². The summed E-state index contributed by atoms with van der Waals surface area (Å²) in [6.45, 7) is 5.00. The van der Waals surface area contributed by atoms with Gasteiger partial charge in [-0.3, -0.25) is 0 Å². The quantitative estimate of drug-likeness (QED) is 0.820. The molecule has 1 unspecified atom stereocenters. The molecule has 1 N–H and O–H groups in total. The van der Waals surface area contributed by atoms with E-state index in [4.69, 9.17) is 4.74 Å². The van der Waals surface area contributed by atoms with Crippen LogP contribution in [0, 0.1) is 9.39 Å². The molecule has 0 saturated carbocycles. The molecule has 0 bridgehead atoms. The Balaban J connectivity index is 2.05. The lowest BCUT2D eigenvalue weighted by Crippen LogP contribution is -2.40. The van der Waals surface area contributed by atoms with Gasteiger partial charge in [0.25, 0.3) is 0 Å². The third-order valence-corrected chi connectivity index (χ3v) is 3.88. The molecular weight excluding hydrogens is 332 g/mol. The van der Waals surface area contributed by atoms with E-state index in [1.165, 1.54) is 6.07 Å². The molecule has 0 amide bonds. The average molecular weight is 349 g/mol. The Labute approximate surface area is 115 Å². The number of nitrogens with one attached hydrogen (secondary N) is 1. The van der Waals surface area contributed by atoms with E-state index < -0.39 is 0 Å². The van der Waals surface area contributed by atoms with Crippen LogP contribution in [0.5, 0.6) is 0 Å². The molecule has 94 valence electrons. The van der Waals surface area contributed by atoms with E-state index in [-0.39, 0.29) is 11.4 Å². The molecule has 0 radical (unpaired) electrons. The van der Waals surface area contributed by atoms with Crippen molar-refractivity contribution in [1.82, 2.24) is 0 Å². The van der Waals surface area contributed by atoms with Gasteiger partial charge in [-0.2, -0.15) is 0 Å². The van der Waals surface area contributed by atoms with Crippen molar-refractivity contribution in [3.8, 4) is 0 Å². The average Bonchev–Trinajstić information content (AvgIpc) is 2.21. The van der Waals surface area contributed by atoms with Crippen molar-refractivity contribution >= 4 is 28.3 Å². The Morgan fingerprint density at radius 2 is 2.24 bits per heavy atom. The van der Waals surface area contributed by atoms with Gasteiger partial charge in [-0.25, -0.2) is 4.39 Å². The van der Waals surface area contributed by atoms with Crippen molar-refractivity contribution in [2.75, 3.05) is 11.9 Å². The normalized spacial score (nSPS) is 23.4. The fourth-order valence-electron chi connectivity index (χ4n) is 2.18. The molecule has 1 aliphatic heterocycles. The minimum atomic E-state index is -0.188. The standard InChI is InChI=1S/C13H17FINO/c1-13(2)8-10(5-6-17-13)16-12-4-3-9(14)7-11(12)15/h3-4,7,10,16H,5-6,8H2,1-2H3. The van der Waals surface area contributed by atoms with Crippen LogP contribution in [0.15, 0.2) is 18.2 Å². The highest BCUT2D eigenvalue weighted by atomic mass is 127. The maximum atomic E-state index is 13.0. The SMILES string of the molecule is CC1(C)CC(Nc2ccc(F)cc2I)CCO1. The zero-order valence-electron chi connectivity index (χ0n) is 10.1. The zero-order valence-corrected chi connectivity index (χ0v) is 12.3. The molecular formula is C13H17FINO. The van der Waals surface area contributed by atoms with Crippen molar-refractivity contribution in [3.05, 3.63) is 27.6 Å². The summed E-state index contributed by atoms with van der Waals surface area (Å²) in [7, 11) is 0. The van der Waals surface area contributed by atoms with E-state index >= 15 is 0 Å². The lowest BCUT2D eigenvalue weighted by Gasteiger charge is -2.36. The minimum Gasteiger partial charge on any atom is -0.381 e. The van der Waals surface area contributed by atoms with Gasteiger partial charge >= 0.3 is 0 Å². The minimum absolute atomic E-state index is 0.0681. The first-order chi connectivity index (χ1) is 7.96. The van der Waals surface area contributed by atoms with E-state index in [9.17, 15) is 4.39 Å². The van der Waals surface area contributed by atoms with Gasteiger partial charge < -0.3 is 10.1 Å². The molecule has 0 aromatic heterocycles. The largest absolute Gasteiger partial charge is 0.381 e. The molecule has 1 aromatic carbocycles. The van der Waals surface area contributed by atoms with Crippen LogP contribution in [0.4, 0.5) is 10.1 Å². The summed E-state index contributed by atoms with van der Waals surface area (Å²) in [6.07, 6.45) is 1.97. The van der Waals surface area contributed by atoms with Crippen molar-refractivity contribution in [2.45, 2.75) is 38.3 Å². The first-order valence-electron chi connectivity index (χ1n) is 5.82. The van der Waals surface area contributed by atoms with Crippen LogP contribution < -0.4 is 5.32 Å². The summed E-state index contributed by atoms with van der Waals surface area (Å²) in [5.74, 6) is -0.188. The molecule has 1 aromatic rings. The summed E-state index contributed by atoms with van der Waals surface area (Å²) in [5, 5.41) is 3.48. The first kappa shape index (κ1) is 13.1. The maximum absolute atomic E-state index is 13.0. The Kier molecular flexibility index (Phi) is 3.92. The molecule has 4 heteroatoms. The third-order valence-electron chi connectivity index (χ3n) is 2.99. The number of rotatable bonds is 2. The Hall–Kier alpha value is -0.360. The van der Waals surface area contributed by atoms with Gasteiger partial charge in [0, 0.05) is 21.9 Å². The number of hydrogen-bond acceptors (Lipinski definition) is 2. The monoisotopic (exact) mass is 349 g/mol. The van der Waals surface area contributed by atoms with Gasteiger partial charge in [0.1, 0.15) is 5.82 Å². The molecule has 1 aliphatic rings. The predicted octanol–water partition coefficient (Wildman–Crippen LogP) is 3.80. The summed E-state index contributed by atoms with van der Waals surface area (Å²) in [4.78, 5) is 0. The number of anilines is 1. The zero-order chi connectivity index (χ0) is 12.5. The van der Waals surface area contributed by atoms with Gasteiger partial charge in [-0.1, -0.05) is 0 Å². The Morgan fingerprint density at radius 1 is 1.47 bits per heavy atom. The summed E-state index contributed by atoms with van der Waals surface area (Å²) in [5.41, 5.74) is 0.941. The maximum Gasteiger partial charge on any atom is 0.124 e. The van der Waals surface area contributed by atoms with E-state index in [0.717, 1.165) is 28.7 Å². The molecule has 0 spiro atoms. The Bertz CT molecular complexity index is 408. The fraction of sp³-hybridized carbons (Fsp3) is 0.538. The topological polar surface area (TPSA) is 21.3 Å². The van der Waals surface area contributed by atoms with Crippen LogP contribution in [-0.4, -0.2) is 18.2 Å². The van der Waals surface area contributed by atoms with Crippen LogP contribution in [0.3, 0.4) is 0 Å². The second kappa shape index (κ2) is 5.10. The molecule has 2 nitrogen and oxygen atoms in total. The van der Waals surface area contributed by atoms with Gasteiger partial charge in [0.15, 0.2) is 0 Å². The molecule has 1 atom stereocenters. The second-order valence-corrected chi connectivity index (χ2v) is 6.23. The van der Waals surface area contributed by atoms with E-state index in [0.29, 0.717) is 6.04 Å². The summed E-state index contributed by atoms with van der Waals surface area (Å²) >= 11 is 2.16. The van der Waals surface area contributed by atoms with Crippen molar-refractivity contribution in [1.29, 1.82) is 0 Å². The van der Waals surface area contributed by atoms with Gasteiger partial charge in [-0.05, 0) is 67.5 Å². The van der Waals surface area contributed by atoms with Crippen molar-refractivity contribution < 1.29 is 9.13 Å². The summed E-state index contributed by atoms with van der Waals surface area (Å²) in [6, 6.07) is 5.25. The lowest BCUT2D eigenvalue weighted by molar-refractivity contribution is -0.0553.